The Hall–Kier alpha value is -2.29. The van der Waals surface area contributed by atoms with Gasteiger partial charge in [-0.1, -0.05) is 18.2 Å². The number of rotatable bonds is 3. The third-order valence-corrected chi connectivity index (χ3v) is 6.87. The molecular weight excluding hydrogens is 372 g/mol. The van der Waals surface area contributed by atoms with E-state index in [4.69, 9.17) is 10.5 Å². The van der Waals surface area contributed by atoms with Crippen molar-refractivity contribution in [2.45, 2.75) is 43.9 Å². The van der Waals surface area contributed by atoms with Gasteiger partial charge in [0.15, 0.2) is 0 Å². The van der Waals surface area contributed by atoms with Gasteiger partial charge in [0.05, 0.1) is 6.61 Å². The summed E-state index contributed by atoms with van der Waals surface area (Å²) in [6.07, 6.45) is 1.51. The number of nitrogens with one attached hydrogen (secondary N) is 1. The van der Waals surface area contributed by atoms with Crippen LogP contribution in [-0.4, -0.2) is 65.4 Å². The Morgan fingerprint density at radius 1 is 1.28 bits per heavy atom. The van der Waals surface area contributed by atoms with Gasteiger partial charge in [-0.3, -0.25) is 24.6 Å². The second-order valence-corrected chi connectivity index (χ2v) is 8.78. The van der Waals surface area contributed by atoms with E-state index in [0.717, 1.165) is 30.6 Å². The van der Waals surface area contributed by atoms with E-state index in [0.29, 0.717) is 44.2 Å². The molecule has 3 saturated heterocycles. The summed E-state index contributed by atoms with van der Waals surface area (Å²) in [5.41, 5.74) is 9.04. The second kappa shape index (κ2) is 6.90. The number of nitrogens with two attached hydrogens (primary N) is 1. The molecule has 0 spiro atoms. The van der Waals surface area contributed by atoms with Crippen molar-refractivity contribution >= 4 is 17.7 Å². The normalized spacial score (nSPS) is 32.3. The molecule has 1 aromatic rings. The number of fused-ring (bicyclic) bond motifs is 2. The Morgan fingerprint density at radius 2 is 2.14 bits per heavy atom. The molecule has 0 aliphatic carbocycles. The first-order chi connectivity index (χ1) is 13.9. The summed E-state index contributed by atoms with van der Waals surface area (Å²) in [7, 11) is 0. The number of carbonyl (C=O) groups excluding carboxylic acids is 3. The smallest absolute Gasteiger partial charge is 0.255 e. The molecule has 0 bridgehead atoms. The summed E-state index contributed by atoms with van der Waals surface area (Å²) in [6, 6.07) is 5.33. The van der Waals surface area contributed by atoms with E-state index >= 15 is 0 Å². The zero-order valence-electron chi connectivity index (χ0n) is 16.4. The highest BCUT2D eigenvalue weighted by molar-refractivity contribution is 6.05. The van der Waals surface area contributed by atoms with Crippen LogP contribution < -0.4 is 11.1 Å². The number of hydrogen-bond donors (Lipinski definition) is 2. The van der Waals surface area contributed by atoms with E-state index in [1.54, 1.807) is 4.90 Å². The van der Waals surface area contributed by atoms with Crippen molar-refractivity contribution in [2.75, 3.05) is 26.3 Å². The van der Waals surface area contributed by atoms with Crippen LogP contribution in [0.5, 0.6) is 0 Å². The molecule has 4 heterocycles. The van der Waals surface area contributed by atoms with Gasteiger partial charge < -0.3 is 15.4 Å². The van der Waals surface area contributed by atoms with Crippen LogP contribution in [0.1, 0.15) is 40.7 Å². The van der Waals surface area contributed by atoms with Crippen LogP contribution in [0.3, 0.4) is 0 Å². The lowest BCUT2D eigenvalue weighted by Crippen LogP contribution is -2.52. The molecule has 8 nitrogen and oxygen atoms in total. The van der Waals surface area contributed by atoms with Crippen molar-refractivity contribution in [3.8, 4) is 0 Å². The van der Waals surface area contributed by atoms with Crippen LogP contribution in [0.4, 0.5) is 0 Å². The van der Waals surface area contributed by atoms with Crippen molar-refractivity contribution in [1.29, 1.82) is 0 Å². The van der Waals surface area contributed by atoms with E-state index in [2.05, 4.69) is 10.2 Å². The van der Waals surface area contributed by atoms with Gasteiger partial charge in [-0.2, -0.15) is 0 Å². The molecule has 4 aliphatic heterocycles. The summed E-state index contributed by atoms with van der Waals surface area (Å²) >= 11 is 0. The lowest BCUT2D eigenvalue weighted by atomic mass is 9.84. The lowest BCUT2D eigenvalue weighted by molar-refractivity contribution is -0.136. The van der Waals surface area contributed by atoms with Gasteiger partial charge >= 0.3 is 0 Å². The Morgan fingerprint density at radius 3 is 2.93 bits per heavy atom. The summed E-state index contributed by atoms with van der Waals surface area (Å²) in [5.74, 6) is -0.444. The number of benzene rings is 1. The number of hydrogen-bond acceptors (Lipinski definition) is 6. The van der Waals surface area contributed by atoms with Crippen LogP contribution in [0, 0.1) is 5.92 Å². The maximum atomic E-state index is 13.2. The van der Waals surface area contributed by atoms with Crippen LogP contribution in [-0.2, 0) is 27.4 Å². The Balaban J connectivity index is 1.35. The maximum Gasteiger partial charge on any atom is 0.255 e. The van der Waals surface area contributed by atoms with Gasteiger partial charge in [-0.05, 0) is 24.0 Å². The van der Waals surface area contributed by atoms with Crippen LogP contribution in [0.2, 0.25) is 0 Å². The van der Waals surface area contributed by atoms with Gasteiger partial charge in [0, 0.05) is 56.2 Å². The minimum absolute atomic E-state index is 0.118. The van der Waals surface area contributed by atoms with Gasteiger partial charge in [0.2, 0.25) is 11.8 Å². The fraction of sp³-hybridized carbons (Fsp3) is 0.571. The van der Waals surface area contributed by atoms with Crippen LogP contribution >= 0.6 is 0 Å². The molecule has 5 rings (SSSR count). The molecule has 3 atom stereocenters. The molecule has 8 heteroatoms. The van der Waals surface area contributed by atoms with E-state index in [1.807, 2.05) is 18.2 Å². The summed E-state index contributed by atoms with van der Waals surface area (Å²) in [4.78, 5) is 40.9. The number of nitrogens with zero attached hydrogens (tertiary/aromatic N) is 2. The number of imide groups is 1. The van der Waals surface area contributed by atoms with Gasteiger partial charge in [-0.15, -0.1) is 0 Å². The van der Waals surface area contributed by atoms with E-state index in [9.17, 15) is 14.4 Å². The molecule has 0 saturated carbocycles. The van der Waals surface area contributed by atoms with Gasteiger partial charge in [-0.25, -0.2) is 0 Å². The molecule has 1 unspecified atom stereocenters. The highest BCUT2D eigenvalue weighted by Crippen LogP contribution is 2.35. The molecule has 1 aromatic carbocycles. The van der Waals surface area contributed by atoms with Crippen molar-refractivity contribution in [3.05, 3.63) is 34.9 Å². The Labute approximate surface area is 169 Å². The summed E-state index contributed by atoms with van der Waals surface area (Å²) < 4.78 is 5.61. The molecule has 154 valence electrons. The number of ether oxygens (including phenoxy) is 1. The van der Waals surface area contributed by atoms with E-state index in [-0.39, 0.29) is 29.7 Å². The van der Waals surface area contributed by atoms with Crippen LogP contribution in [0.15, 0.2) is 18.2 Å². The predicted molar refractivity (Wildman–Crippen MR) is 104 cm³/mol. The first-order valence-corrected chi connectivity index (χ1v) is 10.3. The number of amides is 3. The largest absolute Gasteiger partial charge is 0.381 e. The Kier molecular flexibility index (Phi) is 4.45. The number of piperidine rings is 1. The average molecular weight is 398 g/mol. The minimum Gasteiger partial charge on any atom is -0.381 e. The minimum atomic E-state index is -0.584. The quantitative estimate of drug-likeness (QED) is 0.695. The maximum absolute atomic E-state index is 13.2. The van der Waals surface area contributed by atoms with Crippen LogP contribution in [0.25, 0.3) is 0 Å². The van der Waals surface area contributed by atoms with Gasteiger partial charge in [0.25, 0.3) is 5.91 Å². The molecule has 0 aromatic heterocycles. The van der Waals surface area contributed by atoms with Crippen molar-refractivity contribution in [1.82, 2.24) is 15.1 Å². The average Bonchev–Trinajstić information content (AvgIpc) is 3.19. The monoisotopic (exact) mass is 398 g/mol. The molecule has 3 N–H and O–H groups in total. The lowest BCUT2D eigenvalue weighted by Gasteiger charge is -2.34. The van der Waals surface area contributed by atoms with Gasteiger partial charge in [0.1, 0.15) is 6.04 Å². The molecule has 29 heavy (non-hydrogen) atoms. The van der Waals surface area contributed by atoms with Crippen molar-refractivity contribution in [2.24, 2.45) is 11.7 Å². The first kappa shape index (κ1) is 18.7. The zero-order chi connectivity index (χ0) is 20.2. The zero-order valence-corrected chi connectivity index (χ0v) is 16.4. The summed E-state index contributed by atoms with van der Waals surface area (Å²) in [5, 5.41) is 2.35. The molecule has 0 radical (unpaired) electrons. The molecule has 4 aliphatic rings. The topological polar surface area (TPSA) is 105 Å². The molecule has 3 amide bonds. The standard InChI is InChI=1S/C21H26N4O4/c22-21-6-7-29-11-15(21)10-24(12-21)8-13-2-1-3-14-9-25(20(28)18(13)14)16-4-5-17(26)23-19(16)27/h1-3,15-16H,4-12,22H2,(H,23,26,27)/t15-,16?,21+/m0/s1. The third-order valence-electron chi connectivity index (χ3n) is 6.87. The van der Waals surface area contributed by atoms with Crippen molar-refractivity contribution < 1.29 is 19.1 Å². The highest BCUT2D eigenvalue weighted by atomic mass is 16.5. The summed E-state index contributed by atoms with van der Waals surface area (Å²) in [6.45, 7) is 4.14. The Bertz CT molecular complexity index is 887. The predicted octanol–water partition coefficient (Wildman–Crippen LogP) is -0.00280. The SMILES string of the molecule is N[C@@]12CCOC[C@@H]1CN(Cc1cccc3c1C(=O)N(C1CCC(=O)NC1=O)C3)C2. The number of likely N-dealkylation sites (tertiary alicyclic amines) is 1. The fourth-order valence-electron chi connectivity index (χ4n) is 5.28. The van der Waals surface area contributed by atoms with Crippen molar-refractivity contribution in [3.63, 3.8) is 0 Å². The highest BCUT2D eigenvalue weighted by Gasteiger charge is 2.46. The second-order valence-electron chi connectivity index (χ2n) is 8.78. The fourth-order valence-corrected chi connectivity index (χ4v) is 5.28. The molecule has 3 fully saturated rings. The molecular formula is C21H26N4O4. The van der Waals surface area contributed by atoms with E-state index < -0.39 is 6.04 Å². The third kappa shape index (κ3) is 3.15. The van der Waals surface area contributed by atoms with E-state index in [1.165, 1.54) is 0 Å². The first-order valence-electron chi connectivity index (χ1n) is 10.3. The number of carbonyl (C=O) groups is 3.